The van der Waals surface area contributed by atoms with Crippen LogP contribution in [0.3, 0.4) is 0 Å². The number of thiophene rings is 1. The molecule has 2 atom stereocenters. The molecule has 0 bridgehead atoms. The van der Waals surface area contributed by atoms with Crippen LogP contribution < -0.4 is 5.73 Å². The van der Waals surface area contributed by atoms with Crippen LogP contribution in [0.2, 0.25) is 0 Å². The first-order valence-electron chi connectivity index (χ1n) is 6.14. The van der Waals surface area contributed by atoms with Gasteiger partial charge in [0, 0.05) is 22.9 Å². The second-order valence-electron chi connectivity index (χ2n) is 4.58. The third-order valence-electron chi connectivity index (χ3n) is 3.38. The Morgan fingerprint density at radius 2 is 2.44 bits per heavy atom. The Bertz CT molecular complexity index is 348. The number of rotatable bonds is 4. The summed E-state index contributed by atoms with van der Waals surface area (Å²) in [5, 5.41) is 0. The van der Waals surface area contributed by atoms with Crippen LogP contribution in [0.15, 0.2) is 6.07 Å². The Balaban J connectivity index is 2.15. The van der Waals surface area contributed by atoms with Crippen LogP contribution in [-0.2, 0) is 17.6 Å². The monoisotopic (exact) mass is 239 g/mol. The molecule has 0 amide bonds. The second kappa shape index (κ2) is 5.30. The number of hydrogen-bond acceptors (Lipinski definition) is 3. The lowest BCUT2D eigenvalue weighted by Gasteiger charge is -2.20. The fourth-order valence-electron chi connectivity index (χ4n) is 2.32. The highest BCUT2D eigenvalue weighted by atomic mass is 32.1. The van der Waals surface area contributed by atoms with Gasteiger partial charge in [0.1, 0.15) is 0 Å². The standard InChI is InChI=1S/C13H21NOS/c1-3-9(14)7-10-8-11-12(15-2)5-4-6-13(11)16-10/h8-9,12H,3-7,14H2,1-2H3. The average molecular weight is 239 g/mol. The third kappa shape index (κ3) is 2.47. The minimum atomic E-state index is 0.307. The molecule has 0 saturated carbocycles. The summed E-state index contributed by atoms with van der Waals surface area (Å²) in [5.74, 6) is 0. The van der Waals surface area contributed by atoms with Crippen molar-refractivity contribution in [2.24, 2.45) is 5.73 Å². The second-order valence-corrected chi connectivity index (χ2v) is 5.80. The molecule has 0 saturated heterocycles. The Hall–Kier alpha value is -0.380. The molecule has 3 heteroatoms. The predicted molar refractivity (Wildman–Crippen MR) is 69.0 cm³/mol. The van der Waals surface area contributed by atoms with E-state index < -0.39 is 0 Å². The molecule has 90 valence electrons. The molecular weight excluding hydrogens is 218 g/mol. The molecule has 0 aromatic carbocycles. The Kier molecular flexibility index (Phi) is 4.00. The van der Waals surface area contributed by atoms with Crippen LogP contribution in [0.25, 0.3) is 0 Å². The molecule has 1 aromatic heterocycles. The minimum Gasteiger partial charge on any atom is -0.377 e. The molecule has 0 aliphatic heterocycles. The van der Waals surface area contributed by atoms with E-state index in [9.17, 15) is 0 Å². The lowest BCUT2D eigenvalue weighted by Crippen LogP contribution is -2.20. The van der Waals surface area contributed by atoms with Crippen LogP contribution in [-0.4, -0.2) is 13.2 Å². The van der Waals surface area contributed by atoms with Crippen LogP contribution >= 0.6 is 11.3 Å². The van der Waals surface area contributed by atoms with Crippen LogP contribution in [0.1, 0.15) is 47.6 Å². The first-order valence-corrected chi connectivity index (χ1v) is 6.96. The van der Waals surface area contributed by atoms with Gasteiger partial charge >= 0.3 is 0 Å². The predicted octanol–water partition coefficient (Wildman–Crippen LogP) is 3.05. The van der Waals surface area contributed by atoms with Gasteiger partial charge in [-0.1, -0.05) is 6.92 Å². The Morgan fingerprint density at radius 1 is 1.62 bits per heavy atom. The summed E-state index contributed by atoms with van der Waals surface area (Å²) >= 11 is 1.94. The van der Waals surface area contributed by atoms with Crippen molar-refractivity contribution in [3.8, 4) is 0 Å². The van der Waals surface area contributed by atoms with E-state index in [0.717, 1.165) is 12.8 Å². The van der Waals surface area contributed by atoms with E-state index in [1.54, 1.807) is 0 Å². The summed E-state index contributed by atoms with van der Waals surface area (Å²) in [6.07, 6.45) is 6.04. The fourth-order valence-corrected chi connectivity index (χ4v) is 3.67. The first kappa shape index (κ1) is 12.1. The van der Waals surface area contributed by atoms with E-state index in [4.69, 9.17) is 10.5 Å². The van der Waals surface area contributed by atoms with Gasteiger partial charge < -0.3 is 10.5 Å². The van der Waals surface area contributed by atoms with Gasteiger partial charge in [-0.2, -0.15) is 0 Å². The number of methoxy groups -OCH3 is 1. The van der Waals surface area contributed by atoms with Gasteiger partial charge in [-0.25, -0.2) is 0 Å². The molecule has 0 spiro atoms. The molecule has 2 unspecified atom stereocenters. The Morgan fingerprint density at radius 3 is 3.12 bits per heavy atom. The maximum atomic E-state index is 6.01. The topological polar surface area (TPSA) is 35.2 Å². The number of ether oxygens (including phenoxy) is 1. The van der Waals surface area contributed by atoms with Gasteiger partial charge in [0.2, 0.25) is 0 Å². The van der Waals surface area contributed by atoms with Crippen molar-refractivity contribution in [1.29, 1.82) is 0 Å². The van der Waals surface area contributed by atoms with E-state index in [1.165, 1.54) is 34.6 Å². The lowest BCUT2D eigenvalue weighted by atomic mass is 9.95. The molecule has 0 fully saturated rings. The zero-order chi connectivity index (χ0) is 11.5. The normalized spacial score (nSPS) is 21.8. The molecule has 1 aliphatic rings. The van der Waals surface area contributed by atoms with Gasteiger partial charge in [0.05, 0.1) is 6.10 Å². The highest BCUT2D eigenvalue weighted by molar-refractivity contribution is 7.12. The molecule has 1 aromatic rings. The maximum Gasteiger partial charge on any atom is 0.0832 e. The zero-order valence-corrected chi connectivity index (χ0v) is 11.0. The fraction of sp³-hybridized carbons (Fsp3) is 0.692. The first-order chi connectivity index (χ1) is 7.74. The summed E-state index contributed by atoms with van der Waals surface area (Å²) in [5.41, 5.74) is 7.43. The number of nitrogens with two attached hydrogens (primary N) is 1. The highest BCUT2D eigenvalue weighted by Gasteiger charge is 2.22. The van der Waals surface area contributed by atoms with Crippen LogP contribution in [0.5, 0.6) is 0 Å². The molecule has 2 N–H and O–H groups in total. The van der Waals surface area contributed by atoms with Gasteiger partial charge in [0.15, 0.2) is 0 Å². The molecule has 0 radical (unpaired) electrons. The van der Waals surface area contributed by atoms with Gasteiger partial charge in [-0.3, -0.25) is 0 Å². The maximum absolute atomic E-state index is 6.01. The van der Waals surface area contributed by atoms with Crippen molar-refractivity contribution >= 4 is 11.3 Å². The van der Waals surface area contributed by atoms with Crippen molar-refractivity contribution in [3.05, 3.63) is 21.4 Å². The minimum absolute atomic E-state index is 0.307. The van der Waals surface area contributed by atoms with Gasteiger partial charge in [-0.15, -0.1) is 11.3 Å². The molecule has 16 heavy (non-hydrogen) atoms. The van der Waals surface area contributed by atoms with Crippen molar-refractivity contribution in [2.75, 3.05) is 7.11 Å². The summed E-state index contributed by atoms with van der Waals surface area (Å²) < 4.78 is 5.54. The third-order valence-corrected chi connectivity index (χ3v) is 4.61. The van der Waals surface area contributed by atoms with E-state index in [1.807, 2.05) is 18.4 Å². The van der Waals surface area contributed by atoms with Crippen molar-refractivity contribution in [1.82, 2.24) is 0 Å². The smallest absolute Gasteiger partial charge is 0.0832 e. The van der Waals surface area contributed by atoms with E-state index in [0.29, 0.717) is 12.1 Å². The van der Waals surface area contributed by atoms with Gasteiger partial charge in [0.25, 0.3) is 0 Å². The summed E-state index contributed by atoms with van der Waals surface area (Å²) in [6.45, 7) is 2.15. The summed E-state index contributed by atoms with van der Waals surface area (Å²) in [4.78, 5) is 2.96. The summed E-state index contributed by atoms with van der Waals surface area (Å²) in [6, 6.07) is 2.63. The number of aryl methyl sites for hydroxylation is 1. The molecule has 1 aliphatic carbocycles. The largest absolute Gasteiger partial charge is 0.377 e. The quantitative estimate of drug-likeness (QED) is 0.876. The zero-order valence-electron chi connectivity index (χ0n) is 10.2. The molecule has 1 heterocycles. The van der Waals surface area contributed by atoms with E-state index >= 15 is 0 Å². The van der Waals surface area contributed by atoms with E-state index in [2.05, 4.69) is 13.0 Å². The van der Waals surface area contributed by atoms with Crippen molar-refractivity contribution < 1.29 is 4.74 Å². The lowest BCUT2D eigenvalue weighted by molar-refractivity contribution is 0.0888. The van der Waals surface area contributed by atoms with Crippen LogP contribution in [0, 0.1) is 0 Å². The van der Waals surface area contributed by atoms with Crippen molar-refractivity contribution in [3.63, 3.8) is 0 Å². The average Bonchev–Trinajstić information content (AvgIpc) is 2.70. The summed E-state index contributed by atoms with van der Waals surface area (Å²) in [7, 11) is 1.81. The SMILES string of the molecule is CCC(N)Cc1cc2c(s1)CCCC2OC. The molecular formula is C13H21NOS. The highest BCUT2D eigenvalue weighted by Crippen LogP contribution is 2.37. The van der Waals surface area contributed by atoms with Crippen molar-refractivity contribution in [2.45, 2.75) is 51.2 Å². The number of fused-ring (bicyclic) bond motifs is 1. The van der Waals surface area contributed by atoms with Gasteiger partial charge in [-0.05, 0) is 43.7 Å². The molecule has 2 nitrogen and oxygen atoms in total. The van der Waals surface area contributed by atoms with Crippen LogP contribution in [0.4, 0.5) is 0 Å². The van der Waals surface area contributed by atoms with E-state index in [-0.39, 0.29) is 0 Å². The Labute approximate surface area is 102 Å². The molecule has 2 rings (SSSR count). The number of hydrogen-bond donors (Lipinski definition) is 1.